The zero-order valence-electron chi connectivity index (χ0n) is 17.1. The summed E-state index contributed by atoms with van der Waals surface area (Å²) in [6, 6.07) is 15.6. The van der Waals surface area contributed by atoms with Crippen LogP contribution in [0.15, 0.2) is 59.6 Å². The number of fused-ring (bicyclic) bond motifs is 1. The van der Waals surface area contributed by atoms with E-state index in [1.807, 2.05) is 7.05 Å². The van der Waals surface area contributed by atoms with E-state index in [1.165, 1.54) is 21.9 Å². The Morgan fingerprint density at radius 1 is 1.14 bits per heavy atom. The van der Waals surface area contributed by atoms with Crippen LogP contribution in [0.1, 0.15) is 25.3 Å². The van der Waals surface area contributed by atoms with Crippen molar-refractivity contribution >= 4 is 40.7 Å². The smallest absolute Gasteiger partial charge is 0.191 e. The van der Waals surface area contributed by atoms with Crippen molar-refractivity contribution in [3.63, 3.8) is 0 Å². The molecule has 1 heterocycles. The number of benzene rings is 2. The van der Waals surface area contributed by atoms with Gasteiger partial charge in [-0.25, -0.2) is 0 Å². The van der Waals surface area contributed by atoms with Gasteiger partial charge in [0, 0.05) is 39.3 Å². The molecule has 1 aliphatic heterocycles. The summed E-state index contributed by atoms with van der Waals surface area (Å²) < 4.78 is 0. The minimum absolute atomic E-state index is 0. The Hall–Kier alpha value is -1.60. The first-order chi connectivity index (χ1) is 13.2. The van der Waals surface area contributed by atoms with E-state index in [9.17, 15) is 0 Å². The van der Waals surface area contributed by atoms with Crippen molar-refractivity contribution in [2.75, 3.05) is 33.2 Å². The second-order valence-electron chi connectivity index (χ2n) is 7.54. The zero-order valence-corrected chi connectivity index (χ0v) is 19.4. The van der Waals surface area contributed by atoms with E-state index in [4.69, 9.17) is 0 Å². The number of hydrogen-bond acceptors (Lipinski definition) is 2. The lowest BCUT2D eigenvalue weighted by Gasteiger charge is -2.33. The molecule has 1 fully saturated rings. The third-order valence-electron chi connectivity index (χ3n) is 5.21. The van der Waals surface area contributed by atoms with Crippen LogP contribution in [0.2, 0.25) is 0 Å². The molecular weight excluding hydrogens is 459 g/mol. The Labute approximate surface area is 186 Å². The van der Waals surface area contributed by atoms with Gasteiger partial charge >= 0.3 is 0 Å². The fourth-order valence-corrected chi connectivity index (χ4v) is 3.83. The summed E-state index contributed by atoms with van der Waals surface area (Å²) in [4.78, 5) is 6.89. The van der Waals surface area contributed by atoms with Crippen molar-refractivity contribution in [2.24, 2.45) is 4.99 Å². The fraction of sp³-hybridized carbons (Fsp3) is 0.435. The number of nitrogens with one attached hydrogen (secondary N) is 2. The van der Waals surface area contributed by atoms with E-state index >= 15 is 0 Å². The first-order valence-electron chi connectivity index (χ1n) is 9.96. The fourth-order valence-electron chi connectivity index (χ4n) is 3.83. The summed E-state index contributed by atoms with van der Waals surface area (Å²) in [6.07, 6.45) is 3.29. The van der Waals surface area contributed by atoms with Crippen LogP contribution < -0.4 is 10.6 Å². The average Bonchev–Trinajstić information content (AvgIpc) is 2.68. The standard InChI is InChI=1S/C23H32N4.HI/c1-18(2)17-27-15-12-21(13-16-27)26-23(24-3)25-14-11-20-9-6-8-19-7-4-5-10-22(19)20;/h4-10,21H,1,11-17H2,2-3H3,(H2,24,25,26);1H. The monoisotopic (exact) mass is 492 g/mol. The van der Waals surface area contributed by atoms with Crippen LogP contribution in [0.5, 0.6) is 0 Å². The molecule has 152 valence electrons. The molecule has 0 unspecified atom stereocenters. The molecule has 28 heavy (non-hydrogen) atoms. The maximum atomic E-state index is 4.41. The Morgan fingerprint density at radius 2 is 1.86 bits per heavy atom. The summed E-state index contributed by atoms with van der Waals surface area (Å²) >= 11 is 0. The van der Waals surface area contributed by atoms with E-state index in [-0.39, 0.29) is 24.0 Å². The predicted molar refractivity (Wildman–Crippen MR) is 132 cm³/mol. The van der Waals surface area contributed by atoms with E-state index < -0.39 is 0 Å². The largest absolute Gasteiger partial charge is 0.356 e. The summed E-state index contributed by atoms with van der Waals surface area (Å²) in [7, 11) is 1.85. The van der Waals surface area contributed by atoms with Crippen molar-refractivity contribution in [3.8, 4) is 0 Å². The molecule has 0 radical (unpaired) electrons. The highest BCUT2D eigenvalue weighted by Gasteiger charge is 2.19. The first-order valence-corrected chi connectivity index (χ1v) is 9.96. The quantitative estimate of drug-likeness (QED) is 0.275. The van der Waals surface area contributed by atoms with Crippen molar-refractivity contribution in [1.82, 2.24) is 15.5 Å². The van der Waals surface area contributed by atoms with Gasteiger partial charge in [0.05, 0.1) is 0 Å². The predicted octanol–water partition coefficient (Wildman–Crippen LogP) is 4.21. The van der Waals surface area contributed by atoms with Crippen LogP contribution >= 0.6 is 24.0 Å². The van der Waals surface area contributed by atoms with E-state index in [0.717, 1.165) is 51.4 Å². The summed E-state index contributed by atoms with van der Waals surface area (Å²) in [5.41, 5.74) is 2.62. The van der Waals surface area contributed by atoms with E-state index in [2.05, 4.69) is 76.5 Å². The number of rotatable bonds is 6. The lowest BCUT2D eigenvalue weighted by Crippen LogP contribution is -2.49. The molecule has 0 amide bonds. The molecule has 0 aliphatic carbocycles. The molecule has 0 atom stereocenters. The van der Waals surface area contributed by atoms with Gasteiger partial charge in [0.15, 0.2) is 5.96 Å². The minimum atomic E-state index is 0. The zero-order chi connectivity index (χ0) is 19.1. The maximum Gasteiger partial charge on any atom is 0.191 e. The highest BCUT2D eigenvalue weighted by Crippen LogP contribution is 2.18. The molecule has 1 saturated heterocycles. The van der Waals surface area contributed by atoms with Crippen molar-refractivity contribution in [1.29, 1.82) is 0 Å². The SMILES string of the molecule is C=C(C)CN1CCC(NC(=NC)NCCc2cccc3ccccc23)CC1.I. The second-order valence-corrected chi connectivity index (χ2v) is 7.54. The average molecular weight is 492 g/mol. The number of likely N-dealkylation sites (tertiary alicyclic amines) is 1. The van der Waals surface area contributed by atoms with Crippen LogP contribution in [-0.4, -0.2) is 50.1 Å². The Morgan fingerprint density at radius 3 is 2.57 bits per heavy atom. The lowest BCUT2D eigenvalue weighted by atomic mass is 10.0. The van der Waals surface area contributed by atoms with Crippen molar-refractivity contribution in [2.45, 2.75) is 32.2 Å². The number of piperidine rings is 1. The molecule has 2 aromatic carbocycles. The van der Waals surface area contributed by atoms with Gasteiger partial charge in [-0.1, -0.05) is 54.6 Å². The molecule has 0 aromatic heterocycles. The van der Waals surface area contributed by atoms with Gasteiger partial charge in [0.25, 0.3) is 0 Å². The van der Waals surface area contributed by atoms with Crippen LogP contribution in [0.4, 0.5) is 0 Å². The molecule has 2 N–H and O–H groups in total. The molecular formula is C23H33IN4. The number of halogens is 1. The number of guanidine groups is 1. The van der Waals surface area contributed by atoms with E-state index in [1.54, 1.807) is 0 Å². The Bertz CT molecular complexity index is 789. The summed E-state index contributed by atoms with van der Waals surface area (Å²) in [5, 5.41) is 9.72. The van der Waals surface area contributed by atoms with Gasteiger partial charge in [-0.05, 0) is 42.5 Å². The molecule has 4 nitrogen and oxygen atoms in total. The van der Waals surface area contributed by atoms with Gasteiger partial charge in [-0.3, -0.25) is 9.89 Å². The molecule has 0 spiro atoms. The Balaban J connectivity index is 0.00000280. The summed E-state index contributed by atoms with van der Waals surface area (Å²) in [6.45, 7) is 10.3. The molecule has 0 saturated carbocycles. The van der Waals surface area contributed by atoms with Crippen molar-refractivity contribution in [3.05, 3.63) is 60.2 Å². The highest BCUT2D eigenvalue weighted by molar-refractivity contribution is 14.0. The van der Waals surface area contributed by atoms with E-state index in [0.29, 0.717) is 6.04 Å². The van der Waals surface area contributed by atoms with Gasteiger partial charge in [0.1, 0.15) is 0 Å². The number of aliphatic imine (C=N–C) groups is 1. The lowest BCUT2D eigenvalue weighted by molar-refractivity contribution is 0.221. The van der Waals surface area contributed by atoms with Crippen LogP contribution in [-0.2, 0) is 6.42 Å². The summed E-state index contributed by atoms with van der Waals surface area (Å²) in [5.74, 6) is 0.911. The highest BCUT2D eigenvalue weighted by atomic mass is 127. The molecule has 0 bridgehead atoms. The second kappa shape index (κ2) is 11.4. The third kappa shape index (κ3) is 6.48. The van der Waals surface area contributed by atoms with Crippen molar-refractivity contribution < 1.29 is 0 Å². The third-order valence-corrected chi connectivity index (χ3v) is 5.21. The first kappa shape index (κ1) is 22.7. The molecule has 5 heteroatoms. The van der Waals surface area contributed by atoms with Crippen LogP contribution in [0, 0.1) is 0 Å². The van der Waals surface area contributed by atoms with Gasteiger partial charge < -0.3 is 10.6 Å². The van der Waals surface area contributed by atoms with Gasteiger partial charge in [-0.15, -0.1) is 24.0 Å². The molecule has 3 rings (SSSR count). The molecule has 2 aromatic rings. The normalized spacial score (nSPS) is 15.9. The number of nitrogens with zero attached hydrogens (tertiary/aromatic N) is 2. The topological polar surface area (TPSA) is 39.7 Å². The maximum absolute atomic E-state index is 4.41. The van der Waals surface area contributed by atoms with Gasteiger partial charge in [-0.2, -0.15) is 0 Å². The van der Waals surface area contributed by atoms with Crippen LogP contribution in [0.3, 0.4) is 0 Å². The molecule has 1 aliphatic rings. The van der Waals surface area contributed by atoms with Crippen LogP contribution in [0.25, 0.3) is 10.8 Å². The Kier molecular flexibility index (Phi) is 9.25. The minimum Gasteiger partial charge on any atom is -0.356 e. The van der Waals surface area contributed by atoms with Gasteiger partial charge in [0.2, 0.25) is 0 Å². The number of hydrogen-bond donors (Lipinski definition) is 2.